The van der Waals surface area contributed by atoms with Gasteiger partial charge in [-0.3, -0.25) is 4.79 Å². The third-order valence-electron chi connectivity index (χ3n) is 10.6. The maximum Gasteiger partial charge on any atom is 0.407 e. The monoisotopic (exact) mass is 741 g/mol. The Bertz CT molecular complexity index is 1910. The third kappa shape index (κ3) is 9.62. The highest BCUT2D eigenvalue weighted by Crippen LogP contribution is 2.45. The average molecular weight is 742 g/mol. The van der Waals surface area contributed by atoms with E-state index in [0.717, 1.165) is 67.2 Å². The molecule has 5 aromatic carbocycles. The van der Waals surface area contributed by atoms with Crippen LogP contribution in [-0.4, -0.2) is 25.2 Å². The van der Waals surface area contributed by atoms with Crippen LogP contribution in [0.2, 0.25) is 5.02 Å². The van der Waals surface area contributed by atoms with E-state index in [1.807, 2.05) is 97.9 Å². The molecule has 1 aliphatic carbocycles. The number of alkyl carbamates (subject to hydrolysis) is 1. The molecule has 0 heterocycles. The highest BCUT2D eigenvalue weighted by Gasteiger charge is 2.42. The lowest BCUT2D eigenvalue weighted by Gasteiger charge is -2.36. The molecule has 0 saturated carbocycles. The number of ether oxygens (including phenoxy) is 2. The number of nitrogens with one attached hydrogen (secondary N) is 1. The van der Waals surface area contributed by atoms with Crippen molar-refractivity contribution in [2.45, 2.75) is 89.1 Å². The van der Waals surface area contributed by atoms with Crippen LogP contribution in [0, 0.1) is 6.92 Å². The van der Waals surface area contributed by atoms with E-state index >= 15 is 0 Å². The van der Waals surface area contributed by atoms with Crippen molar-refractivity contribution in [3.63, 3.8) is 0 Å². The molecular formula is C48H52ClNO4. The Kier molecular flexibility index (Phi) is 14.0. The molecule has 1 amide bonds. The molecule has 0 spiro atoms. The molecule has 5 aromatic rings. The summed E-state index contributed by atoms with van der Waals surface area (Å²) in [6.07, 6.45) is 10.9. The number of rotatable bonds is 19. The smallest absolute Gasteiger partial charge is 0.407 e. The van der Waals surface area contributed by atoms with Gasteiger partial charge in [0.1, 0.15) is 6.61 Å². The first kappa shape index (κ1) is 38.8. The van der Waals surface area contributed by atoms with Gasteiger partial charge in [-0.2, -0.15) is 0 Å². The Balaban J connectivity index is 0.850. The minimum Gasteiger partial charge on any atom is -0.449 e. The topological polar surface area (TPSA) is 64.6 Å². The van der Waals surface area contributed by atoms with Crippen LogP contribution >= 0.6 is 11.6 Å². The Morgan fingerprint density at radius 1 is 0.611 bits per heavy atom. The van der Waals surface area contributed by atoms with Gasteiger partial charge in [0.05, 0.1) is 0 Å². The molecule has 1 aliphatic rings. The predicted molar refractivity (Wildman–Crippen MR) is 219 cm³/mol. The van der Waals surface area contributed by atoms with Gasteiger partial charge in [0, 0.05) is 40.6 Å². The Morgan fingerprint density at radius 3 is 1.76 bits per heavy atom. The zero-order valence-corrected chi connectivity index (χ0v) is 32.2. The maximum atomic E-state index is 13.5. The van der Waals surface area contributed by atoms with Crippen LogP contribution in [0.15, 0.2) is 127 Å². The molecule has 1 unspecified atom stereocenters. The van der Waals surface area contributed by atoms with E-state index in [2.05, 4.69) is 41.7 Å². The van der Waals surface area contributed by atoms with Crippen molar-refractivity contribution in [1.29, 1.82) is 0 Å². The summed E-state index contributed by atoms with van der Waals surface area (Å²) in [4.78, 5) is 26.0. The Labute approximate surface area is 326 Å². The van der Waals surface area contributed by atoms with Gasteiger partial charge >= 0.3 is 12.1 Å². The second kappa shape index (κ2) is 19.5. The van der Waals surface area contributed by atoms with E-state index in [1.165, 1.54) is 41.5 Å². The van der Waals surface area contributed by atoms with Crippen LogP contribution in [0.4, 0.5) is 4.79 Å². The van der Waals surface area contributed by atoms with Gasteiger partial charge in [-0.05, 0) is 48.1 Å². The number of fused-ring (bicyclic) bond motifs is 3. The zero-order valence-electron chi connectivity index (χ0n) is 31.4. The van der Waals surface area contributed by atoms with Crippen molar-refractivity contribution in [1.82, 2.24) is 5.32 Å². The van der Waals surface area contributed by atoms with Crippen molar-refractivity contribution in [3.05, 3.63) is 166 Å². The number of unbranched alkanes of at least 4 members (excludes halogenated alkanes) is 9. The number of carbonyl (C=O) groups excluding carboxylic acids is 2. The summed E-state index contributed by atoms with van der Waals surface area (Å²) < 4.78 is 12.2. The lowest BCUT2D eigenvalue weighted by atomic mass is 9.79. The highest BCUT2D eigenvalue weighted by atomic mass is 35.5. The molecule has 0 saturated heterocycles. The standard InChI is InChI=1S/C48H52ClNO4/c1-36-30-32-38(33-31-36)48(37-21-11-10-12-22-37,44-27-18-19-28-45(44)49)54-46(51)29-13-8-6-4-2-3-5-7-9-20-34-50-47(52)53-35-43-41-25-16-14-23-39(41)40-24-15-17-26-42(40)43/h10-12,14-19,21-28,30-33,43H,2-9,13,20,29,34-35H2,1H3,(H,50,52). The molecule has 0 radical (unpaired) electrons. The Morgan fingerprint density at radius 2 is 1.13 bits per heavy atom. The fourth-order valence-corrected chi connectivity index (χ4v) is 8.00. The summed E-state index contributed by atoms with van der Waals surface area (Å²) in [6.45, 7) is 3.03. The molecule has 0 aliphatic heterocycles. The SMILES string of the molecule is Cc1ccc(C(OC(=O)CCCCCCCCCCCCNC(=O)OCC2c3ccccc3-c3ccccc32)(c2ccccc2)c2ccccc2Cl)cc1. The summed E-state index contributed by atoms with van der Waals surface area (Å²) in [5.74, 6) is -0.151. The largest absolute Gasteiger partial charge is 0.449 e. The first-order chi connectivity index (χ1) is 26.5. The first-order valence-corrected chi connectivity index (χ1v) is 20.0. The van der Waals surface area contributed by atoms with Gasteiger partial charge in [0.15, 0.2) is 5.60 Å². The number of hydrogen-bond acceptors (Lipinski definition) is 4. The fourth-order valence-electron chi connectivity index (χ4n) is 7.73. The van der Waals surface area contributed by atoms with Crippen molar-refractivity contribution in [2.24, 2.45) is 0 Å². The van der Waals surface area contributed by atoms with Crippen LogP contribution in [0.25, 0.3) is 11.1 Å². The van der Waals surface area contributed by atoms with Crippen molar-refractivity contribution >= 4 is 23.7 Å². The van der Waals surface area contributed by atoms with Crippen LogP contribution in [0.1, 0.15) is 110 Å². The maximum absolute atomic E-state index is 13.5. The number of amides is 1. The van der Waals surface area contributed by atoms with E-state index in [-0.39, 0.29) is 18.0 Å². The van der Waals surface area contributed by atoms with Gasteiger partial charge in [-0.15, -0.1) is 0 Å². The molecule has 54 heavy (non-hydrogen) atoms. The average Bonchev–Trinajstić information content (AvgIpc) is 3.52. The molecule has 1 N–H and O–H groups in total. The number of aryl methyl sites for hydroxylation is 1. The second-order valence-corrected chi connectivity index (χ2v) is 14.8. The molecule has 0 aromatic heterocycles. The molecule has 0 fully saturated rings. The van der Waals surface area contributed by atoms with Crippen LogP contribution in [-0.2, 0) is 19.9 Å². The molecule has 5 nitrogen and oxygen atoms in total. The molecule has 280 valence electrons. The van der Waals surface area contributed by atoms with Gasteiger partial charge in [0.2, 0.25) is 0 Å². The summed E-state index contributed by atoms with van der Waals surface area (Å²) >= 11 is 6.81. The Hall–Kier alpha value is -4.87. The van der Waals surface area contributed by atoms with E-state index in [9.17, 15) is 9.59 Å². The van der Waals surface area contributed by atoms with Gasteiger partial charge in [-0.25, -0.2) is 4.79 Å². The molecular weight excluding hydrogens is 690 g/mol. The lowest BCUT2D eigenvalue weighted by molar-refractivity contribution is -0.153. The normalized spacial score (nSPS) is 13.1. The second-order valence-electron chi connectivity index (χ2n) is 14.4. The van der Waals surface area contributed by atoms with E-state index < -0.39 is 5.60 Å². The van der Waals surface area contributed by atoms with Gasteiger partial charge in [-0.1, -0.05) is 190 Å². The van der Waals surface area contributed by atoms with Gasteiger partial charge in [0.25, 0.3) is 0 Å². The van der Waals surface area contributed by atoms with E-state index in [4.69, 9.17) is 21.1 Å². The van der Waals surface area contributed by atoms with E-state index in [0.29, 0.717) is 24.6 Å². The summed E-state index contributed by atoms with van der Waals surface area (Å²) in [6, 6.07) is 42.5. The quantitative estimate of drug-likeness (QED) is 0.0520. The van der Waals surface area contributed by atoms with Crippen molar-refractivity contribution in [2.75, 3.05) is 13.2 Å². The molecule has 6 heteroatoms. The molecule has 0 bridgehead atoms. The van der Waals surface area contributed by atoms with E-state index in [1.54, 1.807) is 0 Å². The summed E-state index contributed by atoms with van der Waals surface area (Å²) in [5, 5.41) is 3.49. The molecule has 6 rings (SSSR count). The minimum atomic E-state index is -1.15. The van der Waals surface area contributed by atoms with Crippen molar-refractivity contribution in [3.8, 4) is 11.1 Å². The summed E-state index contributed by atoms with van der Waals surface area (Å²) in [5.41, 5.74) is 7.37. The fraction of sp³-hybridized carbons (Fsp3) is 0.333. The number of esters is 1. The zero-order chi connectivity index (χ0) is 37.6. The van der Waals surface area contributed by atoms with Crippen LogP contribution in [0.5, 0.6) is 0 Å². The minimum absolute atomic E-state index is 0.0780. The van der Waals surface area contributed by atoms with Crippen molar-refractivity contribution < 1.29 is 19.1 Å². The number of benzene rings is 5. The number of carbonyl (C=O) groups is 2. The third-order valence-corrected chi connectivity index (χ3v) is 10.9. The lowest BCUT2D eigenvalue weighted by Crippen LogP contribution is -2.35. The highest BCUT2D eigenvalue weighted by molar-refractivity contribution is 6.31. The predicted octanol–water partition coefficient (Wildman–Crippen LogP) is 12.3. The van der Waals surface area contributed by atoms with Gasteiger partial charge < -0.3 is 14.8 Å². The molecule has 1 atom stereocenters. The van der Waals surface area contributed by atoms with Crippen LogP contribution in [0.3, 0.4) is 0 Å². The first-order valence-electron chi connectivity index (χ1n) is 19.7. The number of halogens is 1. The van der Waals surface area contributed by atoms with Crippen LogP contribution < -0.4 is 5.32 Å². The number of hydrogen-bond donors (Lipinski definition) is 1. The summed E-state index contributed by atoms with van der Waals surface area (Å²) in [7, 11) is 0.